The molecule has 1 heteroatoms. The number of halogens is 1. The molecule has 3 aromatic rings. The molecule has 0 atom stereocenters. The SMILES string of the molecule is Clc1ccc(-c2cc3ccccc3c3c2C=C=C=C3)cc1. The van der Waals surface area contributed by atoms with E-state index >= 15 is 0 Å². The van der Waals surface area contributed by atoms with Crippen molar-refractivity contribution in [2.24, 2.45) is 0 Å². The van der Waals surface area contributed by atoms with Crippen LogP contribution >= 0.6 is 11.6 Å². The van der Waals surface area contributed by atoms with Crippen molar-refractivity contribution in [1.29, 1.82) is 0 Å². The topological polar surface area (TPSA) is 0 Å². The Morgan fingerprint density at radius 2 is 1.48 bits per heavy atom. The fourth-order valence-corrected chi connectivity index (χ4v) is 2.92. The Morgan fingerprint density at radius 3 is 2.29 bits per heavy atom. The van der Waals surface area contributed by atoms with E-state index < -0.39 is 0 Å². The summed E-state index contributed by atoms with van der Waals surface area (Å²) in [6.45, 7) is 0. The summed E-state index contributed by atoms with van der Waals surface area (Å²) in [5.74, 6) is 0. The van der Waals surface area contributed by atoms with Crippen molar-refractivity contribution >= 4 is 34.5 Å². The zero-order chi connectivity index (χ0) is 14.2. The van der Waals surface area contributed by atoms with Crippen LogP contribution in [0.25, 0.3) is 34.1 Å². The molecule has 0 heterocycles. The molecule has 0 spiro atoms. The summed E-state index contributed by atoms with van der Waals surface area (Å²) in [6.07, 6.45) is 4.02. The van der Waals surface area contributed by atoms with Crippen LogP contribution in [0.3, 0.4) is 0 Å². The molecule has 0 aromatic heterocycles. The third-order valence-electron chi connectivity index (χ3n) is 3.80. The fraction of sp³-hybridized carbons (Fsp3) is 0. The average Bonchev–Trinajstić information content (AvgIpc) is 2.55. The normalized spacial score (nSPS) is 11.9. The molecule has 21 heavy (non-hydrogen) atoms. The molecule has 0 aliphatic heterocycles. The molecule has 0 saturated heterocycles. The summed E-state index contributed by atoms with van der Waals surface area (Å²) in [5, 5.41) is 3.23. The van der Waals surface area contributed by atoms with Gasteiger partial charge in [0.05, 0.1) is 0 Å². The monoisotopic (exact) mass is 286 g/mol. The highest BCUT2D eigenvalue weighted by molar-refractivity contribution is 6.30. The van der Waals surface area contributed by atoms with Crippen LogP contribution in [0, 0.1) is 0 Å². The van der Waals surface area contributed by atoms with Crippen molar-refractivity contribution in [3.63, 3.8) is 0 Å². The predicted molar refractivity (Wildman–Crippen MR) is 90.3 cm³/mol. The molecule has 0 fully saturated rings. The van der Waals surface area contributed by atoms with Gasteiger partial charge in [-0.25, -0.2) is 0 Å². The van der Waals surface area contributed by atoms with Crippen molar-refractivity contribution in [2.45, 2.75) is 0 Å². The molecular formula is C20H11Cl. The third kappa shape index (κ3) is 2.03. The minimum Gasteiger partial charge on any atom is -0.0843 e. The minimum absolute atomic E-state index is 0.753. The number of rotatable bonds is 1. The van der Waals surface area contributed by atoms with Crippen LogP contribution in [0.15, 0.2) is 66.1 Å². The number of hydrogen-bond acceptors (Lipinski definition) is 0. The van der Waals surface area contributed by atoms with Gasteiger partial charge in [-0.05, 0) is 63.4 Å². The standard InChI is InChI=1S/C20H11Cl/c21-16-11-9-14(10-12-16)20-13-15-5-1-2-6-17(15)18-7-3-4-8-19(18)20/h1-2,5-13H. The highest BCUT2D eigenvalue weighted by atomic mass is 35.5. The van der Waals surface area contributed by atoms with Gasteiger partial charge in [-0.15, -0.1) is 0 Å². The third-order valence-corrected chi connectivity index (χ3v) is 4.05. The van der Waals surface area contributed by atoms with Gasteiger partial charge in [0.1, 0.15) is 0 Å². The van der Waals surface area contributed by atoms with Crippen molar-refractivity contribution in [2.75, 3.05) is 0 Å². The quantitative estimate of drug-likeness (QED) is 0.379. The summed E-state index contributed by atoms with van der Waals surface area (Å²) >= 11 is 6.00. The molecule has 0 saturated carbocycles. The Bertz CT molecular complexity index is 949. The van der Waals surface area contributed by atoms with Gasteiger partial charge >= 0.3 is 0 Å². The zero-order valence-corrected chi connectivity index (χ0v) is 12.0. The highest BCUT2D eigenvalue weighted by Crippen LogP contribution is 2.35. The van der Waals surface area contributed by atoms with Crippen LogP contribution in [0.1, 0.15) is 11.1 Å². The Hall–Kier alpha value is -2.49. The molecule has 0 amide bonds. The molecule has 3 aromatic carbocycles. The van der Waals surface area contributed by atoms with Crippen LogP contribution in [-0.2, 0) is 0 Å². The van der Waals surface area contributed by atoms with Gasteiger partial charge in [-0.1, -0.05) is 59.5 Å². The molecule has 0 unspecified atom stereocenters. The van der Waals surface area contributed by atoms with E-state index in [0.717, 1.165) is 10.6 Å². The molecule has 0 bridgehead atoms. The van der Waals surface area contributed by atoms with Crippen molar-refractivity contribution in [1.82, 2.24) is 0 Å². The Balaban J connectivity index is 2.09. The van der Waals surface area contributed by atoms with E-state index in [1.54, 1.807) is 0 Å². The van der Waals surface area contributed by atoms with Crippen LogP contribution in [0.5, 0.6) is 0 Å². The highest BCUT2D eigenvalue weighted by Gasteiger charge is 2.12. The van der Waals surface area contributed by atoms with Crippen LogP contribution in [0.2, 0.25) is 5.02 Å². The smallest absolute Gasteiger partial charge is 0.0406 e. The largest absolute Gasteiger partial charge is 0.0843 e. The van der Waals surface area contributed by atoms with Gasteiger partial charge in [-0.2, -0.15) is 0 Å². The van der Waals surface area contributed by atoms with Crippen molar-refractivity contribution in [3.05, 3.63) is 82.2 Å². The molecule has 0 nitrogen and oxygen atoms in total. The molecule has 98 valence electrons. The second-order valence-electron chi connectivity index (χ2n) is 5.06. The lowest BCUT2D eigenvalue weighted by Crippen LogP contribution is -1.91. The maximum Gasteiger partial charge on any atom is 0.0406 e. The predicted octanol–water partition coefficient (Wildman–Crippen LogP) is 5.95. The summed E-state index contributed by atoms with van der Waals surface area (Å²) in [6, 6.07) is 18.6. The molecule has 0 N–H and O–H groups in total. The molecule has 4 rings (SSSR count). The van der Waals surface area contributed by atoms with Gasteiger partial charge in [0.25, 0.3) is 0 Å². The minimum atomic E-state index is 0.753. The second kappa shape index (κ2) is 4.81. The lowest BCUT2D eigenvalue weighted by atomic mass is 9.89. The molecule has 1 aliphatic carbocycles. The van der Waals surface area contributed by atoms with E-state index in [1.807, 2.05) is 24.3 Å². The van der Waals surface area contributed by atoms with E-state index in [9.17, 15) is 0 Å². The van der Waals surface area contributed by atoms with Crippen molar-refractivity contribution < 1.29 is 0 Å². The first-order valence-electron chi connectivity index (χ1n) is 6.82. The average molecular weight is 287 g/mol. The van der Waals surface area contributed by atoms with E-state index in [-0.39, 0.29) is 0 Å². The Labute approximate surface area is 128 Å². The van der Waals surface area contributed by atoms with Crippen LogP contribution in [0.4, 0.5) is 0 Å². The van der Waals surface area contributed by atoms with Crippen molar-refractivity contribution in [3.8, 4) is 11.1 Å². The summed E-state index contributed by atoms with van der Waals surface area (Å²) < 4.78 is 0. The lowest BCUT2D eigenvalue weighted by Gasteiger charge is -2.14. The number of benzene rings is 3. The van der Waals surface area contributed by atoms with Gasteiger partial charge in [-0.3, -0.25) is 0 Å². The Morgan fingerprint density at radius 1 is 0.762 bits per heavy atom. The first kappa shape index (κ1) is 12.3. The van der Waals surface area contributed by atoms with Gasteiger partial charge in [0.2, 0.25) is 0 Å². The lowest BCUT2D eigenvalue weighted by molar-refractivity contribution is 1.60. The second-order valence-corrected chi connectivity index (χ2v) is 5.49. The molecule has 1 aliphatic rings. The summed E-state index contributed by atoms with van der Waals surface area (Å²) in [4.78, 5) is 0. The fourth-order valence-electron chi connectivity index (χ4n) is 2.80. The summed E-state index contributed by atoms with van der Waals surface area (Å²) in [7, 11) is 0. The van der Waals surface area contributed by atoms with E-state index in [1.165, 1.54) is 27.5 Å². The van der Waals surface area contributed by atoms with E-state index in [2.05, 4.69) is 53.9 Å². The van der Waals surface area contributed by atoms with Gasteiger partial charge < -0.3 is 0 Å². The van der Waals surface area contributed by atoms with E-state index in [4.69, 9.17) is 11.6 Å². The molecular weight excluding hydrogens is 276 g/mol. The maximum atomic E-state index is 6.00. The van der Waals surface area contributed by atoms with Gasteiger partial charge in [0.15, 0.2) is 0 Å². The van der Waals surface area contributed by atoms with E-state index in [0.29, 0.717) is 0 Å². The first-order chi connectivity index (χ1) is 10.3. The van der Waals surface area contributed by atoms with Crippen LogP contribution < -0.4 is 0 Å². The molecule has 0 radical (unpaired) electrons. The zero-order valence-electron chi connectivity index (χ0n) is 11.2. The first-order valence-corrected chi connectivity index (χ1v) is 7.20. The number of hydrogen-bond donors (Lipinski definition) is 0. The van der Waals surface area contributed by atoms with Crippen LogP contribution in [-0.4, -0.2) is 0 Å². The number of fused-ring (bicyclic) bond motifs is 3. The van der Waals surface area contributed by atoms with Gasteiger partial charge in [0, 0.05) is 5.02 Å². The Kier molecular flexibility index (Phi) is 2.81. The summed E-state index contributed by atoms with van der Waals surface area (Å²) in [5.41, 5.74) is 10.9. The maximum absolute atomic E-state index is 6.00.